The molecule has 1 atom stereocenters. The van der Waals surface area contributed by atoms with E-state index in [2.05, 4.69) is 19.2 Å². The minimum atomic E-state index is -2.65. The molecule has 0 amide bonds. The molecule has 0 radical (unpaired) electrons. The van der Waals surface area contributed by atoms with Gasteiger partial charge in [-0.2, -0.15) is 0 Å². The van der Waals surface area contributed by atoms with Gasteiger partial charge >= 0.3 is 0 Å². The molecule has 4 nitrogen and oxygen atoms in total. The molecule has 19 heavy (non-hydrogen) atoms. The Morgan fingerprint density at radius 2 is 2.16 bits per heavy atom. The van der Waals surface area contributed by atoms with E-state index in [4.69, 9.17) is 9.52 Å². The topological polar surface area (TPSA) is 62.2 Å². The lowest BCUT2D eigenvalue weighted by Gasteiger charge is -2.15. The fourth-order valence-corrected chi connectivity index (χ4v) is 3.65. The number of methoxy groups -OCH3 is 1. The van der Waals surface area contributed by atoms with E-state index >= 15 is 0 Å². The van der Waals surface area contributed by atoms with E-state index in [9.17, 15) is 4.21 Å². The maximum absolute atomic E-state index is 12.4. The van der Waals surface area contributed by atoms with E-state index < -0.39 is 9.73 Å². The van der Waals surface area contributed by atoms with Crippen LogP contribution in [0.15, 0.2) is 23.1 Å². The maximum atomic E-state index is 12.4. The molecule has 0 aromatic heterocycles. The average Bonchev–Trinajstić information content (AvgIpc) is 3.20. The van der Waals surface area contributed by atoms with Crippen molar-refractivity contribution in [3.8, 4) is 5.75 Å². The molecule has 1 aromatic rings. The van der Waals surface area contributed by atoms with Gasteiger partial charge in [0.05, 0.1) is 27.4 Å². The Hall–Kier alpha value is -1.23. The van der Waals surface area contributed by atoms with Crippen molar-refractivity contribution in [2.45, 2.75) is 36.8 Å². The van der Waals surface area contributed by atoms with Gasteiger partial charge in [0.1, 0.15) is 5.75 Å². The lowest BCUT2D eigenvalue weighted by Crippen LogP contribution is -2.10. The van der Waals surface area contributed by atoms with Crippen molar-refractivity contribution in [2.75, 3.05) is 19.0 Å². The van der Waals surface area contributed by atoms with Gasteiger partial charge in [0.15, 0.2) is 0 Å². The van der Waals surface area contributed by atoms with Crippen LogP contribution in [0.5, 0.6) is 5.75 Å². The summed E-state index contributed by atoms with van der Waals surface area (Å²) in [5.41, 5.74) is 0.894. The number of nitrogens with one attached hydrogen (secondary N) is 2. The first-order chi connectivity index (χ1) is 8.95. The quantitative estimate of drug-likeness (QED) is 0.841. The van der Waals surface area contributed by atoms with Crippen molar-refractivity contribution < 1.29 is 8.95 Å². The second-order valence-corrected chi connectivity index (χ2v) is 7.78. The van der Waals surface area contributed by atoms with Crippen LogP contribution in [-0.4, -0.2) is 23.1 Å². The summed E-state index contributed by atoms with van der Waals surface area (Å²) in [6.45, 7) is 5.13. The highest BCUT2D eigenvalue weighted by Gasteiger charge is 2.34. The Labute approximate surface area is 115 Å². The van der Waals surface area contributed by atoms with Gasteiger partial charge in [0.25, 0.3) is 0 Å². The molecule has 0 saturated heterocycles. The summed E-state index contributed by atoms with van der Waals surface area (Å²) in [4.78, 5) is 0.585. The monoisotopic (exact) mass is 282 g/mol. The van der Waals surface area contributed by atoms with Gasteiger partial charge < -0.3 is 10.1 Å². The van der Waals surface area contributed by atoms with Gasteiger partial charge in [-0.1, -0.05) is 13.8 Å². The molecule has 1 fully saturated rings. The number of anilines is 1. The van der Waals surface area contributed by atoms with Crippen molar-refractivity contribution in [1.82, 2.24) is 0 Å². The van der Waals surface area contributed by atoms with Crippen LogP contribution in [-0.2, 0) is 9.73 Å². The predicted octanol–water partition coefficient (Wildman–Crippen LogP) is 3.33. The molecular weight excluding hydrogens is 260 g/mol. The van der Waals surface area contributed by atoms with Gasteiger partial charge in [-0.3, -0.25) is 0 Å². The minimum Gasteiger partial charge on any atom is -0.495 e. The van der Waals surface area contributed by atoms with E-state index in [0.717, 1.165) is 25.1 Å². The van der Waals surface area contributed by atoms with Crippen molar-refractivity contribution in [2.24, 2.45) is 5.92 Å². The first-order valence-electron chi connectivity index (χ1n) is 6.64. The predicted molar refractivity (Wildman–Crippen MR) is 78.5 cm³/mol. The van der Waals surface area contributed by atoms with Crippen molar-refractivity contribution >= 4 is 15.4 Å². The molecule has 0 spiro atoms. The third-order valence-corrected chi connectivity index (χ3v) is 5.58. The lowest BCUT2D eigenvalue weighted by molar-refractivity contribution is 0.415. The van der Waals surface area contributed by atoms with Crippen LogP contribution in [0, 0.1) is 10.7 Å². The van der Waals surface area contributed by atoms with Crippen LogP contribution in [0.25, 0.3) is 0 Å². The molecular formula is C14H22N2O2S. The Morgan fingerprint density at radius 1 is 1.47 bits per heavy atom. The second kappa shape index (κ2) is 5.41. The molecule has 0 aliphatic heterocycles. The van der Waals surface area contributed by atoms with Crippen molar-refractivity contribution in [1.29, 1.82) is 4.78 Å². The van der Waals surface area contributed by atoms with Crippen LogP contribution in [0.3, 0.4) is 0 Å². The number of hydrogen-bond acceptors (Lipinski definition) is 4. The van der Waals surface area contributed by atoms with Crippen molar-refractivity contribution in [3.63, 3.8) is 0 Å². The van der Waals surface area contributed by atoms with Gasteiger partial charge in [0.2, 0.25) is 0 Å². The SMILES string of the molecule is COc1cc([S@@](=N)(=O)C2CC2)ccc1NCC(C)C. The maximum Gasteiger partial charge on any atom is 0.143 e. The van der Waals surface area contributed by atoms with Crippen LogP contribution < -0.4 is 10.1 Å². The Balaban J connectivity index is 2.25. The fourth-order valence-electron chi connectivity index (χ4n) is 1.91. The average molecular weight is 282 g/mol. The molecule has 0 unspecified atom stereocenters. The summed E-state index contributed by atoms with van der Waals surface area (Å²) in [5.74, 6) is 1.20. The van der Waals surface area contributed by atoms with Crippen LogP contribution in [0.1, 0.15) is 26.7 Å². The zero-order valence-corrected chi connectivity index (χ0v) is 12.5. The standard InChI is InChI=1S/C14H22N2O2S/c1-10(2)9-16-13-7-6-12(8-14(13)18-3)19(15,17)11-4-5-11/h6-8,10-11,15-16H,4-5,9H2,1-3H3/t19-/m0/s1. The summed E-state index contributed by atoms with van der Waals surface area (Å²) in [6.07, 6.45) is 1.80. The molecule has 0 bridgehead atoms. The highest BCUT2D eigenvalue weighted by atomic mass is 32.2. The molecule has 1 aliphatic carbocycles. The third kappa shape index (κ3) is 3.21. The summed E-state index contributed by atoms with van der Waals surface area (Å²) < 4.78 is 25.8. The van der Waals surface area contributed by atoms with Gasteiger partial charge in [-0.25, -0.2) is 8.99 Å². The molecule has 1 saturated carbocycles. The first-order valence-corrected chi connectivity index (χ1v) is 8.27. The Kier molecular flexibility index (Phi) is 4.04. The summed E-state index contributed by atoms with van der Waals surface area (Å²) >= 11 is 0. The summed E-state index contributed by atoms with van der Waals surface area (Å²) in [7, 11) is -1.05. The summed E-state index contributed by atoms with van der Waals surface area (Å²) in [6, 6.07) is 5.41. The lowest BCUT2D eigenvalue weighted by atomic mass is 10.2. The molecule has 0 heterocycles. The molecule has 1 aliphatic rings. The van der Waals surface area contributed by atoms with Gasteiger partial charge in [0, 0.05) is 11.8 Å². The smallest absolute Gasteiger partial charge is 0.143 e. The minimum absolute atomic E-state index is 0.0340. The number of hydrogen-bond donors (Lipinski definition) is 2. The van der Waals surface area contributed by atoms with E-state index in [1.165, 1.54) is 0 Å². The highest BCUT2D eigenvalue weighted by Crippen LogP contribution is 2.37. The van der Waals surface area contributed by atoms with Gasteiger partial charge in [-0.05, 0) is 37.0 Å². The third-order valence-electron chi connectivity index (χ3n) is 3.22. The molecule has 2 N–H and O–H groups in total. The number of rotatable bonds is 6. The van der Waals surface area contributed by atoms with E-state index in [-0.39, 0.29) is 5.25 Å². The molecule has 106 valence electrons. The van der Waals surface area contributed by atoms with Gasteiger partial charge in [-0.15, -0.1) is 0 Å². The molecule has 5 heteroatoms. The molecule has 2 rings (SSSR count). The zero-order valence-electron chi connectivity index (χ0n) is 11.7. The normalized spacial score (nSPS) is 18.1. The number of benzene rings is 1. The first kappa shape index (κ1) is 14.2. The van der Waals surface area contributed by atoms with Crippen LogP contribution in [0.4, 0.5) is 5.69 Å². The van der Waals surface area contributed by atoms with Crippen LogP contribution in [0.2, 0.25) is 0 Å². The van der Waals surface area contributed by atoms with E-state index in [1.54, 1.807) is 19.2 Å². The largest absolute Gasteiger partial charge is 0.495 e. The Morgan fingerprint density at radius 3 is 2.68 bits per heavy atom. The number of ether oxygens (including phenoxy) is 1. The van der Waals surface area contributed by atoms with Crippen LogP contribution >= 0.6 is 0 Å². The fraction of sp³-hybridized carbons (Fsp3) is 0.571. The highest BCUT2D eigenvalue weighted by molar-refractivity contribution is 7.93. The van der Waals surface area contributed by atoms with E-state index in [1.807, 2.05) is 6.07 Å². The summed E-state index contributed by atoms with van der Waals surface area (Å²) in [5, 5.41) is 3.34. The Bertz CT molecular complexity index is 549. The zero-order chi connectivity index (χ0) is 14.0. The van der Waals surface area contributed by atoms with Crippen molar-refractivity contribution in [3.05, 3.63) is 18.2 Å². The second-order valence-electron chi connectivity index (χ2n) is 5.44. The van der Waals surface area contributed by atoms with E-state index in [0.29, 0.717) is 16.6 Å². The molecule has 1 aromatic carbocycles.